The number of anilines is 1. The zero-order valence-electron chi connectivity index (χ0n) is 9.56. The Morgan fingerprint density at radius 1 is 1.16 bits per heavy atom. The fourth-order valence-corrected chi connectivity index (χ4v) is 1.48. The molecular weight excluding hydrogens is 256 g/mol. The van der Waals surface area contributed by atoms with Gasteiger partial charge in [0.25, 0.3) is 0 Å². The summed E-state index contributed by atoms with van der Waals surface area (Å²) in [6.07, 6.45) is 0. The average molecular weight is 265 g/mol. The van der Waals surface area contributed by atoms with Gasteiger partial charge in [0.2, 0.25) is 0 Å². The number of rotatable bonds is 3. The first-order valence-corrected chi connectivity index (χ1v) is 5.23. The van der Waals surface area contributed by atoms with Crippen LogP contribution in [0, 0.1) is 11.6 Å². The van der Waals surface area contributed by atoms with Crippen LogP contribution in [-0.2, 0) is 0 Å². The molecular formula is C13H9F2NO3. The maximum atomic E-state index is 13.4. The first-order valence-electron chi connectivity index (χ1n) is 5.23. The summed E-state index contributed by atoms with van der Waals surface area (Å²) in [7, 11) is 0. The minimum absolute atomic E-state index is 0.00693. The van der Waals surface area contributed by atoms with Crippen LogP contribution in [0.4, 0.5) is 14.5 Å². The summed E-state index contributed by atoms with van der Waals surface area (Å²) < 4.78 is 31.2. The molecule has 0 aromatic heterocycles. The fraction of sp³-hybridized carbons (Fsp3) is 0. The van der Waals surface area contributed by atoms with Crippen LogP contribution >= 0.6 is 0 Å². The summed E-state index contributed by atoms with van der Waals surface area (Å²) in [5.74, 6) is -2.76. The van der Waals surface area contributed by atoms with E-state index in [1.165, 1.54) is 18.2 Å². The molecule has 0 aliphatic heterocycles. The van der Waals surface area contributed by atoms with E-state index < -0.39 is 17.6 Å². The SMILES string of the molecule is Nc1cc(Oc2ccc(F)cc2F)ccc1C(=O)O. The van der Waals surface area contributed by atoms with Crippen LogP contribution in [0.2, 0.25) is 0 Å². The molecule has 2 aromatic carbocycles. The van der Waals surface area contributed by atoms with Gasteiger partial charge in [-0.05, 0) is 24.3 Å². The summed E-state index contributed by atoms with van der Waals surface area (Å²) in [5.41, 5.74) is 5.44. The molecule has 2 aromatic rings. The van der Waals surface area contributed by atoms with Gasteiger partial charge in [-0.3, -0.25) is 0 Å². The standard InChI is InChI=1S/C13H9F2NO3/c14-7-1-4-12(10(15)5-7)19-8-2-3-9(13(17)18)11(16)6-8/h1-6H,16H2,(H,17,18). The summed E-state index contributed by atoms with van der Waals surface area (Å²) in [6.45, 7) is 0. The second-order valence-electron chi connectivity index (χ2n) is 3.73. The highest BCUT2D eigenvalue weighted by molar-refractivity contribution is 5.93. The van der Waals surface area contributed by atoms with Crippen molar-refractivity contribution in [2.45, 2.75) is 0 Å². The lowest BCUT2D eigenvalue weighted by Crippen LogP contribution is -2.02. The topological polar surface area (TPSA) is 72.5 Å². The zero-order valence-corrected chi connectivity index (χ0v) is 9.56. The Morgan fingerprint density at radius 2 is 1.89 bits per heavy atom. The number of carboxylic acids is 1. The van der Waals surface area contributed by atoms with Crippen LogP contribution in [0.3, 0.4) is 0 Å². The van der Waals surface area contributed by atoms with Crippen molar-refractivity contribution < 1.29 is 23.4 Å². The molecule has 6 heteroatoms. The van der Waals surface area contributed by atoms with E-state index in [9.17, 15) is 13.6 Å². The maximum absolute atomic E-state index is 13.4. The predicted octanol–water partition coefficient (Wildman–Crippen LogP) is 3.04. The van der Waals surface area contributed by atoms with Crippen molar-refractivity contribution >= 4 is 11.7 Å². The highest BCUT2D eigenvalue weighted by Crippen LogP contribution is 2.27. The summed E-state index contributed by atoms with van der Waals surface area (Å²) in [4.78, 5) is 10.8. The molecule has 0 aliphatic rings. The Kier molecular flexibility index (Phi) is 3.33. The first kappa shape index (κ1) is 12.8. The summed E-state index contributed by atoms with van der Waals surface area (Å²) >= 11 is 0. The normalized spacial score (nSPS) is 10.2. The third kappa shape index (κ3) is 2.79. The Balaban J connectivity index is 2.29. The van der Waals surface area contributed by atoms with Gasteiger partial charge >= 0.3 is 5.97 Å². The Labute approximate surface area is 107 Å². The Bertz CT molecular complexity index is 644. The minimum atomic E-state index is -1.17. The molecule has 0 atom stereocenters. The van der Waals surface area contributed by atoms with Gasteiger partial charge in [-0.15, -0.1) is 0 Å². The van der Waals surface area contributed by atoms with E-state index in [2.05, 4.69) is 0 Å². The smallest absolute Gasteiger partial charge is 0.337 e. The fourth-order valence-electron chi connectivity index (χ4n) is 1.48. The van der Waals surface area contributed by atoms with Crippen molar-refractivity contribution in [2.75, 3.05) is 5.73 Å². The van der Waals surface area contributed by atoms with Crippen LogP contribution in [0.25, 0.3) is 0 Å². The van der Waals surface area contributed by atoms with E-state index >= 15 is 0 Å². The van der Waals surface area contributed by atoms with Crippen LogP contribution < -0.4 is 10.5 Å². The van der Waals surface area contributed by atoms with Gasteiger partial charge in [0.15, 0.2) is 11.6 Å². The van der Waals surface area contributed by atoms with Gasteiger partial charge < -0.3 is 15.6 Å². The number of benzene rings is 2. The van der Waals surface area contributed by atoms with Crippen molar-refractivity contribution in [3.8, 4) is 11.5 Å². The molecule has 98 valence electrons. The zero-order chi connectivity index (χ0) is 14.0. The van der Waals surface area contributed by atoms with Gasteiger partial charge in [-0.1, -0.05) is 0 Å². The van der Waals surface area contributed by atoms with E-state index in [0.717, 1.165) is 12.1 Å². The number of carbonyl (C=O) groups is 1. The van der Waals surface area contributed by atoms with Gasteiger partial charge in [-0.2, -0.15) is 0 Å². The van der Waals surface area contributed by atoms with E-state index in [-0.39, 0.29) is 22.7 Å². The van der Waals surface area contributed by atoms with Crippen LogP contribution in [0.5, 0.6) is 11.5 Å². The van der Waals surface area contributed by atoms with Gasteiger partial charge in [0.1, 0.15) is 11.6 Å². The van der Waals surface area contributed by atoms with Gasteiger partial charge in [0, 0.05) is 17.8 Å². The number of hydrogen-bond acceptors (Lipinski definition) is 3. The molecule has 4 nitrogen and oxygen atoms in total. The number of nitrogens with two attached hydrogens (primary N) is 1. The van der Waals surface area contributed by atoms with E-state index in [1.807, 2.05) is 0 Å². The van der Waals surface area contributed by atoms with Crippen molar-refractivity contribution in [3.05, 3.63) is 53.6 Å². The number of hydrogen-bond donors (Lipinski definition) is 2. The minimum Gasteiger partial charge on any atom is -0.478 e. The van der Waals surface area contributed by atoms with E-state index in [1.54, 1.807) is 0 Å². The molecule has 0 unspecified atom stereocenters. The Hall–Kier alpha value is -2.63. The van der Waals surface area contributed by atoms with Crippen molar-refractivity contribution in [3.63, 3.8) is 0 Å². The molecule has 0 fully saturated rings. The average Bonchev–Trinajstić information content (AvgIpc) is 2.32. The van der Waals surface area contributed by atoms with Crippen LogP contribution in [0.1, 0.15) is 10.4 Å². The maximum Gasteiger partial charge on any atom is 0.337 e. The van der Waals surface area contributed by atoms with Gasteiger partial charge in [-0.25, -0.2) is 13.6 Å². The lowest BCUT2D eigenvalue weighted by atomic mass is 10.2. The third-order valence-electron chi connectivity index (χ3n) is 2.38. The predicted molar refractivity (Wildman–Crippen MR) is 64.2 cm³/mol. The second kappa shape index (κ2) is 4.93. The number of carboxylic acid groups (broad SMARTS) is 1. The quantitative estimate of drug-likeness (QED) is 0.836. The van der Waals surface area contributed by atoms with E-state index in [4.69, 9.17) is 15.6 Å². The van der Waals surface area contributed by atoms with Crippen LogP contribution in [-0.4, -0.2) is 11.1 Å². The molecule has 0 saturated heterocycles. The first-order chi connectivity index (χ1) is 8.97. The number of nitrogen functional groups attached to an aromatic ring is 1. The van der Waals surface area contributed by atoms with Crippen molar-refractivity contribution in [1.82, 2.24) is 0 Å². The molecule has 3 N–H and O–H groups in total. The van der Waals surface area contributed by atoms with Crippen molar-refractivity contribution in [1.29, 1.82) is 0 Å². The molecule has 0 aliphatic carbocycles. The van der Waals surface area contributed by atoms with Gasteiger partial charge in [0.05, 0.1) is 5.56 Å². The monoisotopic (exact) mass is 265 g/mol. The molecule has 0 heterocycles. The van der Waals surface area contributed by atoms with E-state index in [0.29, 0.717) is 6.07 Å². The van der Waals surface area contributed by atoms with Crippen LogP contribution in [0.15, 0.2) is 36.4 Å². The van der Waals surface area contributed by atoms with Crippen molar-refractivity contribution in [2.24, 2.45) is 0 Å². The highest BCUT2D eigenvalue weighted by atomic mass is 19.1. The summed E-state index contributed by atoms with van der Waals surface area (Å²) in [6, 6.07) is 6.70. The number of ether oxygens (including phenoxy) is 1. The number of aromatic carboxylic acids is 1. The summed E-state index contributed by atoms with van der Waals surface area (Å²) in [5, 5.41) is 8.80. The molecule has 0 amide bonds. The molecule has 0 radical (unpaired) electrons. The lowest BCUT2D eigenvalue weighted by Gasteiger charge is -2.08. The second-order valence-corrected chi connectivity index (χ2v) is 3.73. The molecule has 0 bridgehead atoms. The number of halogens is 2. The molecule has 2 rings (SSSR count). The largest absolute Gasteiger partial charge is 0.478 e. The molecule has 0 saturated carbocycles. The Morgan fingerprint density at radius 3 is 2.47 bits per heavy atom. The molecule has 19 heavy (non-hydrogen) atoms. The molecule has 0 spiro atoms. The third-order valence-corrected chi connectivity index (χ3v) is 2.38. The lowest BCUT2D eigenvalue weighted by molar-refractivity contribution is 0.0698. The highest BCUT2D eigenvalue weighted by Gasteiger charge is 2.10.